The maximum Gasteiger partial charge on any atom is 0.292 e. The quantitative estimate of drug-likeness (QED) is 0.762. The van der Waals surface area contributed by atoms with Gasteiger partial charge in [-0.05, 0) is 12.1 Å². The van der Waals surface area contributed by atoms with Crippen molar-refractivity contribution < 1.29 is 9.53 Å². The fourth-order valence-corrected chi connectivity index (χ4v) is 0.686. The van der Waals surface area contributed by atoms with E-state index in [-0.39, 0.29) is 0 Å². The zero-order valence-electron chi connectivity index (χ0n) is 7.74. The van der Waals surface area contributed by atoms with Crippen LogP contribution in [0.5, 0.6) is 0 Å². The number of hydrogen-bond acceptors (Lipinski definition) is 4. The van der Waals surface area contributed by atoms with Crippen LogP contribution in [-0.4, -0.2) is 18.6 Å². The summed E-state index contributed by atoms with van der Waals surface area (Å²) in [4.78, 5) is 12.9. The number of carbonyl (C=O) groups is 1. The van der Waals surface area contributed by atoms with Crippen LogP contribution in [0.2, 0.25) is 5.02 Å². The van der Waals surface area contributed by atoms with Crippen LogP contribution in [0.3, 0.4) is 0 Å². The Kier molecular flexibility index (Phi) is 6.15. The largest absolute Gasteiger partial charge is 0.471 e. The minimum atomic E-state index is 0.375. The average Bonchev–Trinajstić information content (AvgIpc) is 2.22. The molecule has 5 heteroatoms. The molecule has 0 unspecified atom stereocenters. The summed E-state index contributed by atoms with van der Waals surface area (Å²) in [7, 11) is 1.31. The number of hydrogen-bond donors (Lipinski definition) is 1. The highest BCUT2D eigenvalue weighted by Crippen LogP contribution is 2.17. The Labute approximate surface area is 87.3 Å². The van der Waals surface area contributed by atoms with Gasteiger partial charge in [-0.15, -0.1) is 0 Å². The number of halogens is 1. The van der Waals surface area contributed by atoms with Crippen molar-refractivity contribution in [1.29, 1.82) is 0 Å². The molecule has 0 aliphatic carbocycles. The lowest BCUT2D eigenvalue weighted by molar-refractivity contribution is -0.126. The van der Waals surface area contributed by atoms with Gasteiger partial charge < -0.3 is 10.5 Å². The van der Waals surface area contributed by atoms with Gasteiger partial charge in [0.1, 0.15) is 0 Å². The van der Waals surface area contributed by atoms with Crippen molar-refractivity contribution in [3.63, 3.8) is 0 Å². The number of anilines is 1. The Balaban J connectivity index is 0.000000364. The van der Waals surface area contributed by atoms with Gasteiger partial charge >= 0.3 is 0 Å². The summed E-state index contributed by atoms with van der Waals surface area (Å²) in [5.41, 5.74) is 6.75. The van der Waals surface area contributed by atoms with Gasteiger partial charge in [0, 0.05) is 6.20 Å². The number of pyridine rings is 1. The SMILES string of the molecule is C=Cc1cc(N)c(Cl)cn1.COC=O. The zero-order valence-corrected chi connectivity index (χ0v) is 8.49. The van der Waals surface area contributed by atoms with Crippen LogP contribution in [0.1, 0.15) is 5.69 Å². The van der Waals surface area contributed by atoms with Crippen molar-refractivity contribution in [3.8, 4) is 0 Å². The Morgan fingerprint density at radius 1 is 1.71 bits per heavy atom. The third-order valence-electron chi connectivity index (χ3n) is 1.21. The molecule has 0 aromatic carbocycles. The molecule has 0 aliphatic rings. The molecule has 1 aromatic rings. The fraction of sp³-hybridized carbons (Fsp3) is 0.111. The Bertz CT molecular complexity index is 316. The minimum absolute atomic E-state index is 0.375. The fourth-order valence-electron chi connectivity index (χ4n) is 0.583. The third-order valence-corrected chi connectivity index (χ3v) is 1.53. The van der Waals surface area contributed by atoms with Crippen LogP contribution in [0, 0.1) is 0 Å². The van der Waals surface area contributed by atoms with E-state index in [4.69, 9.17) is 22.1 Å². The Morgan fingerprint density at radius 2 is 2.29 bits per heavy atom. The van der Waals surface area contributed by atoms with Crippen LogP contribution in [0.25, 0.3) is 6.08 Å². The molecular weight excluding hydrogens is 204 g/mol. The van der Waals surface area contributed by atoms with Gasteiger partial charge in [0.05, 0.1) is 23.5 Å². The lowest BCUT2D eigenvalue weighted by Gasteiger charge is -1.96. The molecule has 1 aromatic heterocycles. The van der Waals surface area contributed by atoms with E-state index >= 15 is 0 Å². The molecule has 0 bridgehead atoms. The summed E-state index contributed by atoms with van der Waals surface area (Å²) >= 11 is 5.62. The van der Waals surface area contributed by atoms with Crippen molar-refractivity contribution in [2.24, 2.45) is 0 Å². The van der Waals surface area contributed by atoms with Gasteiger partial charge in [-0.25, -0.2) is 0 Å². The van der Waals surface area contributed by atoms with Crippen LogP contribution in [0.4, 0.5) is 5.69 Å². The van der Waals surface area contributed by atoms with Crippen LogP contribution >= 0.6 is 11.6 Å². The summed E-state index contributed by atoms with van der Waals surface area (Å²) < 4.78 is 3.86. The van der Waals surface area contributed by atoms with E-state index in [1.54, 1.807) is 12.1 Å². The number of nitrogens with two attached hydrogens (primary N) is 1. The van der Waals surface area contributed by atoms with Crippen LogP contribution < -0.4 is 5.73 Å². The lowest BCUT2D eigenvalue weighted by atomic mass is 10.3. The maximum absolute atomic E-state index is 8.95. The van der Waals surface area contributed by atoms with Crippen LogP contribution in [-0.2, 0) is 9.53 Å². The number of ether oxygens (including phenoxy) is 1. The smallest absolute Gasteiger partial charge is 0.292 e. The van der Waals surface area contributed by atoms with Gasteiger partial charge in [0.15, 0.2) is 0 Å². The molecule has 2 N–H and O–H groups in total. The van der Waals surface area contributed by atoms with Crippen molar-refractivity contribution in [2.75, 3.05) is 12.8 Å². The maximum atomic E-state index is 8.95. The highest BCUT2D eigenvalue weighted by Gasteiger charge is 1.94. The van der Waals surface area contributed by atoms with Gasteiger partial charge in [0.25, 0.3) is 6.47 Å². The van der Waals surface area contributed by atoms with E-state index in [0.29, 0.717) is 17.2 Å². The second-order valence-electron chi connectivity index (χ2n) is 2.17. The van der Waals surface area contributed by atoms with Gasteiger partial charge in [0.2, 0.25) is 0 Å². The molecule has 0 radical (unpaired) electrons. The Morgan fingerprint density at radius 3 is 2.64 bits per heavy atom. The second-order valence-corrected chi connectivity index (χ2v) is 2.57. The van der Waals surface area contributed by atoms with E-state index in [9.17, 15) is 0 Å². The lowest BCUT2D eigenvalue weighted by Crippen LogP contribution is -1.88. The van der Waals surface area contributed by atoms with Crippen molar-refractivity contribution >= 4 is 29.8 Å². The number of nitrogens with zero attached hydrogens (tertiary/aromatic N) is 1. The van der Waals surface area contributed by atoms with Gasteiger partial charge in [-0.3, -0.25) is 9.78 Å². The molecule has 0 fully saturated rings. The molecule has 14 heavy (non-hydrogen) atoms. The number of carbonyl (C=O) groups excluding carboxylic acids is 1. The van der Waals surface area contributed by atoms with Crippen LogP contribution in [0.15, 0.2) is 18.8 Å². The van der Waals surface area contributed by atoms with Gasteiger partial charge in [-0.2, -0.15) is 0 Å². The summed E-state index contributed by atoms with van der Waals surface area (Å²) in [6.07, 6.45) is 3.13. The third kappa shape index (κ3) is 4.47. The monoisotopic (exact) mass is 214 g/mol. The normalized spacial score (nSPS) is 8.14. The molecule has 1 heterocycles. The molecule has 0 saturated heterocycles. The van der Waals surface area contributed by atoms with E-state index in [1.165, 1.54) is 13.3 Å². The average molecular weight is 215 g/mol. The Hall–Kier alpha value is -1.55. The van der Waals surface area contributed by atoms with Crippen molar-refractivity contribution in [2.45, 2.75) is 0 Å². The number of aromatic nitrogens is 1. The number of methoxy groups -OCH3 is 1. The first-order valence-corrected chi connectivity index (χ1v) is 4.03. The molecule has 0 aliphatic heterocycles. The molecule has 4 nitrogen and oxygen atoms in total. The molecule has 1 rings (SSSR count). The second kappa shape index (κ2) is 6.91. The first-order valence-electron chi connectivity index (χ1n) is 3.65. The standard InChI is InChI=1S/C7H7ClN2.C2H4O2/c1-2-5-3-7(9)6(8)4-10-5;1-4-2-3/h2-4H,1H2,(H2,9,10);2H,1H3. The summed E-state index contributed by atoms with van der Waals surface area (Å²) in [5, 5.41) is 0.477. The first kappa shape index (κ1) is 12.4. The molecule has 76 valence electrons. The number of nitrogen functional groups attached to an aromatic ring is 1. The summed E-state index contributed by atoms with van der Waals surface area (Å²) in [5.74, 6) is 0. The van der Waals surface area contributed by atoms with E-state index in [0.717, 1.165) is 5.69 Å². The van der Waals surface area contributed by atoms with Crippen molar-refractivity contribution in [3.05, 3.63) is 29.6 Å². The zero-order chi connectivity index (χ0) is 11.0. The topological polar surface area (TPSA) is 65.2 Å². The minimum Gasteiger partial charge on any atom is -0.471 e. The molecule has 0 amide bonds. The summed E-state index contributed by atoms with van der Waals surface area (Å²) in [6, 6.07) is 1.68. The van der Waals surface area contributed by atoms with E-state index in [2.05, 4.69) is 16.3 Å². The van der Waals surface area contributed by atoms with E-state index in [1.807, 2.05) is 0 Å². The van der Waals surface area contributed by atoms with Crippen molar-refractivity contribution in [1.82, 2.24) is 4.98 Å². The predicted molar refractivity (Wildman–Crippen MR) is 56.8 cm³/mol. The number of rotatable bonds is 2. The van der Waals surface area contributed by atoms with Gasteiger partial charge in [-0.1, -0.05) is 18.2 Å². The predicted octanol–water partition coefficient (Wildman–Crippen LogP) is 1.75. The highest BCUT2D eigenvalue weighted by atomic mass is 35.5. The molecule has 0 spiro atoms. The molecule has 0 atom stereocenters. The van der Waals surface area contributed by atoms with E-state index < -0.39 is 0 Å². The highest BCUT2D eigenvalue weighted by molar-refractivity contribution is 6.32. The molecule has 0 saturated carbocycles. The first-order chi connectivity index (χ1) is 6.65. The molecular formula is C9H11ClN2O2. The summed E-state index contributed by atoms with van der Waals surface area (Å²) in [6.45, 7) is 3.92.